The van der Waals surface area contributed by atoms with Crippen LogP contribution in [0.25, 0.3) is 22.4 Å². The number of hydrogen-bond donors (Lipinski definition) is 2. The Bertz CT molecular complexity index is 860. The van der Waals surface area contributed by atoms with Gasteiger partial charge in [-0.3, -0.25) is 4.79 Å². The lowest BCUT2D eigenvalue weighted by molar-refractivity contribution is -0.123. The molecule has 4 nitrogen and oxygen atoms in total. The Labute approximate surface area is 142 Å². The van der Waals surface area contributed by atoms with Gasteiger partial charge in [0.25, 0.3) is 0 Å². The Morgan fingerprint density at radius 1 is 1.04 bits per heavy atom. The SMILES string of the molecule is Cc1cc2nc(-c3ccc(NC(=O)C(C)(C)C)cc3)[nH]c2cc1C. The van der Waals surface area contributed by atoms with Crippen molar-refractivity contribution in [2.45, 2.75) is 34.6 Å². The van der Waals surface area contributed by atoms with E-state index in [1.807, 2.05) is 45.0 Å². The molecule has 1 amide bonds. The number of imidazole rings is 1. The summed E-state index contributed by atoms with van der Waals surface area (Å²) in [7, 11) is 0. The van der Waals surface area contributed by atoms with Crippen LogP contribution in [0.3, 0.4) is 0 Å². The van der Waals surface area contributed by atoms with Crippen LogP contribution in [0.4, 0.5) is 5.69 Å². The Balaban J connectivity index is 1.87. The number of nitrogens with one attached hydrogen (secondary N) is 2. The molecular formula is C20H23N3O. The molecule has 3 aromatic rings. The fraction of sp³-hybridized carbons (Fsp3) is 0.300. The average Bonchev–Trinajstić information content (AvgIpc) is 2.90. The van der Waals surface area contributed by atoms with Crippen molar-refractivity contribution >= 4 is 22.6 Å². The maximum Gasteiger partial charge on any atom is 0.229 e. The van der Waals surface area contributed by atoms with Crippen LogP contribution in [0, 0.1) is 19.3 Å². The highest BCUT2D eigenvalue weighted by Gasteiger charge is 2.21. The minimum Gasteiger partial charge on any atom is -0.338 e. The van der Waals surface area contributed by atoms with E-state index in [2.05, 4.69) is 41.3 Å². The van der Waals surface area contributed by atoms with Gasteiger partial charge in [0.15, 0.2) is 0 Å². The molecule has 0 spiro atoms. The Kier molecular flexibility index (Phi) is 3.91. The monoisotopic (exact) mass is 321 g/mol. The number of fused-ring (bicyclic) bond motifs is 1. The molecule has 0 aliphatic carbocycles. The van der Waals surface area contributed by atoms with Gasteiger partial charge in [-0.25, -0.2) is 4.98 Å². The zero-order valence-electron chi connectivity index (χ0n) is 14.8. The van der Waals surface area contributed by atoms with Crippen LogP contribution in [0.2, 0.25) is 0 Å². The molecule has 0 unspecified atom stereocenters. The molecule has 124 valence electrons. The van der Waals surface area contributed by atoms with Crippen molar-refractivity contribution in [2.75, 3.05) is 5.32 Å². The number of amides is 1. The molecule has 0 bridgehead atoms. The summed E-state index contributed by atoms with van der Waals surface area (Å²) in [6.07, 6.45) is 0. The van der Waals surface area contributed by atoms with E-state index in [9.17, 15) is 4.79 Å². The molecule has 24 heavy (non-hydrogen) atoms. The van der Waals surface area contributed by atoms with Crippen LogP contribution in [-0.2, 0) is 4.79 Å². The number of aryl methyl sites for hydroxylation is 2. The molecule has 2 aromatic carbocycles. The molecule has 0 saturated heterocycles. The summed E-state index contributed by atoms with van der Waals surface area (Å²) in [5.74, 6) is 0.841. The summed E-state index contributed by atoms with van der Waals surface area (Å²) in [4.78, 5) is 20.1. The first-order valence-corrected chi connectivity index (χ1v) is 8.13. The fourth-order valence-electron chi connectivity index (χ4n) is 2.44. The highest BCUT2D eigenvalue weighted by Crippen LogP contribution is 2.25. The Morgan fingerprint density at radius 2 is 1.67 bits per heavy atom. The number of aromatic nitrogens is 2. The first-order valence-electron chi connectivity index (χ1n) is 8.13. The third-order valence-corrected chi connectivity index (χ3v) is 4.19. The number of carbonyl (C=O) groups excluding carboxylic acids is 1. The smallest absolute Gasteiger partial charge is 0.229 e. The van der Waals surface area contributed by atoms with Crippen molar-refractivity contribution in [1.82, 2.24) is 9.97 Å². The second kappa shape index (κ2) is 5.78. The largest absolute Gasteiger partial charge is 0.338 e. The zero-order chi connectivity index (χ0) is 17.5. The van der Waals surface area contributed by atoms with Gasteiger partial charge in [-0.15, -0.1) is 0 Å². The van der Waals surface area contributed by atoms with Gasteiger partial charge in [-0.2, -0.15) is 0 Å². The van der Waals surface area contributed by atoms with Crippen molar-refractivity contribution in [3.05, 3.63) is 47.5 Å². The minimum absolute atomic E-state index is 0.00457. The van der Waals surface area contributed by atoms with Crippen molar-refractivity contribution in [2.24, 2.45) is 5.41 Å². The van der Waals surface area contributed by atoms with Gasteiger partial charge < -0.3 is 10.3 Å². The normalized spacial score (nSPS) is 11.7. The van der Waals surface area contributed by atoms with Crippen LogP contribution in [-0.4, -0.2) is 15.9 Å². The number of nitrogens with zero attached hydrogens (tertiary/aromatic N) is 1. The summed E-state index contributed by atoms with van der Waals surface area (Å²) < 4.78 is 0. The van der Waals surface area contributed by atoms with E-state index in [0.717, 1.165) is 28.1 Å². The molecule has 3 rings (SSSR count). The second-order valence-electron chi connectivity index (χ2n) is 7.32. The van der Waals surface area contributed by atoms with Crippen LogP contribution in [0.1, 0.15) is 31.9 Å². The predicted octanol–water partition coefficient (Wildman–Crippen LogP) is 4.83. The molecule has 0 aliphatic rings. The topological polar surface area (TPSA) is 57.8 Å². The molecular weight excluding hydrogens is 298 g/mol. The van der Waals surface area contributed by atoms with E-state index < -0.39 is 5.41 Å². The van der Waals surface area contributed by atoms with Gasteiger partial charge in [0.2, 0.25) is 5.91 Å². The molecule has 0 atom stereocenters. The van der Waals surface area contributed by atoms with Gasteiger partial charge in [-0.1, -0.05) is 20.8 Å². The van der Waals surface area contributed by atoms with Crippen LogP contribution in [0.5, 0.6) is 0 Å². The fourth-order valence-corrected chi connectivity index (χ4v) is 2.44. The average molecular weight is 321 g/mol. The molecule has 0 aliphatic heterocycles. The standard InChI is InChI=1S/C20H23N3O/c1-12-10-16-17(11-13(12)2)23-18(22-16)14-6-8-15(9-7-14)21-19(24)20(3,4)5/h6-11H,1-5H3,(H,21,24)(H,22,23). The number of rotatable bonds is 2. The summed E-state index contributed by atoms with van der Waals surface area (Å²) in [6, 6.07) is 12.0. The third-order valence-electron chi connectivity index (χ3n) is 4.19. The maximum absolute atomic E-state index is 12.0. The molecule has 2 N–H and O–H groups in total. The van der Waals surface area contributed by atoms with Crippen molar-refractivity contribution in [3.8, 4) is 11.4 Å². The lowest BCUT2D eigenvalue weighted by Gasteiger charge is -2.17. The molecule has 1 heterocycles. The molecule has 0 radical (unpaired) electrons. The van der Waals surface area contributed by atoms with E-state index in [-0.39, 0.29) is 5.91 Å². The quantitative estimate of drug-likeness (QED) is 0.710. The molecule has 1 aromatic heterocycles. The summed E-state index contributed by atoms with van der Waals surface area (Å²) in [6.45, 7) is 9.89. The van der Waals surface area contributed by atoms with Gasteiger partial charge in [-0.05, 0) is 61.4 Å². The summed E-state index contributed by atoms with van der Waals surface area (Å²) in [5, 5.41) is 2.93. The number of anilines is 1. The van der Waals surface area contributed by atoms with Gasteiger partial charge in [0.05, 0.1) is 11.0 Å². The maximum atomic E-state index is 12.0. The van der Waals surface area contributed by atoms with Crippen LogP contribution < -0.4 is 5.32 Å². The van der Waals surface area contributed by atoms with E-state index in [0.29, 0.717) is 0 Å². The number of hydrogen-bond acceptors (Lipinski definition) is 2. The van der Waals surface area contributed by atoms with E-state index >= 15 is 0 Å². The zero-order valence-corrected chi connectivity index (χ0v) is 14.8. The first-order chi connectivity index (χ1) is 11.2. The predicted molar refractivity (Wildman–Crippen MR) is 99.1 cm³/mol. The molecule has 0 fully saturated rings. The summed E-state index contributed by atoms with van der Waals surface area (Å²) in [5.41, 5.74) is 5.87. The van der Waals surface area contributed by atoms with Gasteiger partial charge >= 0.3 is 0 Å². The van der Waals surface area contributed by atoms with Gasteiger partial charge in [0, 0.05) is 16.7 Å². The van der Waals surface area contributed by atoms with Crippen molar-refractivity contribution < 1.29 is 4.79 Å². The summed E-state index contributed by atoms with van der Waals surface area (Å²) >= 11 is 0. The third kappa shape index (κ3) is 3.18. The van der Waals surface area contributed by atoms with E-state index in [1.54, 1.807) is 0 Å². The van der Waals surface area contributed by atoms with Crippen molar-refractivity contribution in [1.29, 1.82) is 0 Å². The minimum atomic E-state index is -0.410. The van der Waals surface area contributed by atoms with Crippen LogP contribution >= 0.6 is 0 Å². The molecule has 0 saturated carbocycles. The number of H-pyrrole nitrogens is 1. The van der Waals surface area contributed by atoms with Gasteiger partial charge in [0.1, 0.15) is 5.82 Å². The Morgan fingerprint density at radius 3 is 2.29 bits per heavy atom. The van der Waals surface area contributed by atoms with Crippen LogP contribution in [0.15, 0.2) is 36.4 Å². The highest BCUT2D eigenvalue weighted by molar-refractivity contribution is 5.94. The Hall–Kier alpha value is -2.62. The van der Waals surface area contributed by atoms with Crippen molar-refractivity contribution in [3.63, 3.8) is 0 Å². The second-order valence-corrected chi connectivity index (χ2v) is 7.32. The lowest BCUT2D eigenvalue weighted by atomic mass is 9.95. The molecule has 4 heteroatoms. The lowest BCUT2D eigenvalue weighted by Crippen LogP contribution is -2.27. The number of aromatic amines is 1. The number of benzene rings is 2. The number of carbonyl (C=O) groups is 1. The van der Waals surface area contributed by atoms with E-state index in [4.69, 9.17) is 0 Å². The van der Waals surface area contributed by atoms with E-state index in [1.165, 1.54) is 11.1 Å². The first kappa shape index (κ1) is 16.2. The highest BCUT2D eigenvalue weighted by atomic mass is 16.2.